The second-order valence-electron chi connectivity index (χ2n) is 4.92. The van der Waals surface area contributed by atoms with Crippen molar-refractivity contribution in [3.05, 3.63) is 40.9 Å². The lowest BCUT2D eigenvalue weighted by Gasteiger charge is -2.14. The number of carbonyl (C=O) groups excluding carboxylic acids is 3. The van der Waals surface area contributed by atoms with E-state index in [0.29, 0.717) is 5.75 Å². The van der Waals surface area contributed by atoms with Crippen LogP contribution in [0.25, 0.3) is 10.8 Å². The average Bonchev–Trinajstić information content (AvgIpc) is 2.82. The Balaban J connectivity index is 1.59. The van der Waals surface area contributed by atoms with Crippen LogP contribution in [0.3, 0.4) is 0 Å². The number of urea groups is 1. The number of hydrogen-bond acceptors (Lipinski definition) is 4. The zero-order chi connectivity index (χ0) is 16.4. The van der Waals surface area contributed by atoms with Crippen molar-refractivity contribution in [1.29, 1.82) is 0 Å². The highest BCUT2D eigenvalue weighted by Crippen LogP contribution is 2.24. The van der Waals surface area contributed by atoms with Gasteiger partial charge < -0.3 is 4.74 Å². The van der Waals surface area contributed by atoms with Crippen LogP contribution in [0.5, 0.6) is 5.75 Å². The number of hydrazine groups is 1. The minimum absolute atomic E-state index is 0.199. The second-order valence-corrected chi connectivity index (χ2v) is 5.83. The minimum Gasteiger partial charge on any atom is -0.484 e. The molecule has 3 rings (SSSR count). The van der Waals surface area contributed by atoms with Crippen LogP contribution in [0, 0.1) is 0 Å². The Labute approximate surface area is 139 Å². The van der Waals surface area contributed by atoms with Crippen molar-refractivity contribution < 1.29 is 19.1 Å². The van der Waals surface area contributed by atoms with Crippen LogP contribution in [0.4, 0.5) is 4.79 Å². The first-order valence-electron chi connectivity index (χ1n) is 6.74. The zero-order valence-electron chi connectivity index (χ0n) is 11.8. The van der Waals surface area contributed by atoms with E-state index in [1.54, 1.807) is 6.07 Å². The van der Waals surface area contributed by atoms with Gasteiger partial charge in [0.15, 0.2) is 6.61 Å². The molecule has 1 aliphatic heterocycles. The Kier molecular flexibility index (Phi) is 4.16. The van der Waals surface area contributed by atoms with Crippen molar-refractivity contribution in [3.63, 3.8) is 0 Å². The summed E-state index contributed by atoms with van der Waals surface area (Å²) in [6.07, 6.45) is 0. The van der Waals surface area contributed by atoms with Gasteiger partial charge in [0.05, 0.1) is 0 Å². The van der Waals surface area contributed by atoms with Crippen molar-refractivity contribution in [2.24, 2.45) is 0 Å². The molecule has 1 fully saturated rings. The number of amides is 4. The molecule has 0 unspecified atom stereocenters. The lowest BCUT2D eigenvalue weighted by molar-refractivity contribution is -0.127. The molecule has 7 nitrogen and oxygen atoms in total. The lowest BCUT2D eigenvalue weighted by Crippen LogP contribution is -2.46. The second kappa shape index (κ2) is 6.25. The molecular weight excluding hydrogens is 366 g/mol. The van der Waals surface area contributed by atoms with Gasteiger partial charge in [-0.2, -0.15) is 0 Å². The summed E-state index contributed by atoms with van der Waals surface area (Å²) in [5.41, 5.74) is 2.30. The first-order valence-corrected chi connectivity index (χ1v) is 7.53. The Morgan fingerprint density at radius 1 is 1.22 bits per heavy atom. The van der Waals surface area contributed by atoms with E-state index in [1.807, 2.05) is 30.3 Å². The predicted molar refractivity (Wildman–Crippen MR) is 85.5 cm³/mol. The standard InChI is InChI=1S/C15H12BrN3O4/c16-11-3-1-10-6-12(4-2-9(10)5-11)23-8-14(21)18-19-7-13(20)17-15(19)22/h1-6H,7-8H2,(H,18,21)(H,17,20,22). The number of rotatable bonds is 4. The number of ether oxygens (including phenoxy) is 1. The lowest BCUT2D eigenvalue weighted by atomic mass is 10.1. The van der Waals surface area contributed by atoms with E-state index in [2.05, 4.69) is 26.7 Å². The molecule has 1 heterocycles. The summed E-state index contributed by atoms with van der Waals surface area (Å²) in [6, 6.07) is 10.7. The van der Waals surface area contributed by atoms with Crippen LogP contribution in [-0.2, 0) is 9.59 Å². The van der Waals surface area contributed by atoms with Crippen molar-refractivity contribution in [1.82, 2.24) is 15.8 Å². The largest absolute Gasteiger partial charge is 0.484 e. The Morgan fingerprint density at radius 3 is 2.70 bits per heavy atom. The van der Waals surface area contributed by atoms with Gasteiger partial charge in [0.1, 0.15) is 12.3 Å². The average molecular weight is 378 g/mol. The van der Waals surface area contributed by atoms with Gasteiger partial charge in [-0.15, -0.1) is 0 Å². The fourth-order valence-corrected chi connectivity index (χ4v) is 2.53. The first-order chi connectivity index (χ1) is 11.0. The highest BCUT2D eigenvalue weighted by molar-refractivity contribution is 9.10. The molecule has 1 saturated heterocycles. The molecule has 0 spiro atoms. The molecule has 0 aromatic heterocycles. The van der Waals surface area contributed by atoms with Gasteiger partial charge in [0.25, 0.3) is 5.91 Å². The third kappa shape index (κ3) is 3.59. The molecule has 2 N–H and O–H groups in total. The van der Waals surface area contributed by atoms with E-state index in [1.165, 1.54) is 0 Å². The summed E-state index contributed by atoms with van der Waals surface area (Å²) in [6.45, 7) is -0.463. The van der Waals surface area contributed by atoms with Gasteiger partial charge in [0.2, 0.25) is 5.91 Å². The van der Waals surface area contributed by atoms with Crippen LogP contribution in [0.2, 0.25) is 0 Å². The van der Waals surface area contributed by atoms with Crippen LogP contribution < -0.4 is 15.5 Å². The van der Waals surface area contributed by atoms with Gasteiger partial charge in [-0.3, -0.25) is 20.3 Å². The molecule has 2 aromatic carbocycles. The predicted octanol–water partition coefficient (Wildman–Crippen LogP) is 1.56. The van der Waals surface area contributed by atoms with E-state index < -0.39 is 17.8 Å². The monoisotopic (exact) mass is 377 g/mol. The summed E-state index contributed by atoms with van der Waals surface area (Å²) in [4.78, 5) is 34.1. The number of carbonyl (C=O) groups is 3. The molecule has 0 atom stereocenters. The zero-order valence-corrected chi connectivity index (χ0v) is 13.4. The van der Waals surface area contributed by atoms with Crippen molar-refractivity contribution >= 4 is 44.5 Å². The molecule has 0 saturated carbocycles. The first kappa shape index (κ1) is 15.3. The molecule has 23 heavy (non-hydrogen) atoms. The normalized spacial score (nSPS) is 14.0. The van der Waals surface area contributed by atoms with E-state index in [4.69, 9.17) is 4.74 Å². The van der Waals surface area contributed by atoms with Crippen LogP contribution >= 0.6 is 15.9 Å². The fraction of sp³-hybridized carbons (Fsp3) is 0.133. The van der Waals surface area contributed by atoms with Crippen LogP contribution in [0.1, 0.15) is 0 Å². The minimum atomic E-state index is -0.653. The molecule has 4 amide bonds. The molecule has 0 bridgehead atoms. The number of fused-ring (bicyclic) bond motifs is 1. The van der Waals surface area contributed by atoms with Gasteiger partial charge in [-0.25, -0.2) is 9.80 Å². The third-order valence-corrected chi connectivity index (χ3v) is 3.69. The van der Waals surface area contributed by atoms with Crippen molar-refractivity contribution in [2.75, 3.05) is 13.2 Å². The summed E-state index contributed by atoms with van der Waals surface area (Å²) in [5.74, 6) is -0.445. The SMILES string of the molecule is O=C1CN(NC(=O)COc2ccc3cc(Br)ccc3c2)C(=O)N1. The molecular formula is C15H12BrN3O4. The number of hydrogen-bond donors (Lipinski definition) is 2. The summed E-state index contributed by atoms with van der Waals surface area (Å²) in [7, 11) is 0. The van der Waals surface area contributed by atoms with Crippen molar-refractivity contribution in [2.45, 2.75) is 0 Å². The number of imide groups is 1. The van der Waals surface area contributed by atoms with Gasteiger partial charge >= 0.3 is 6.03 Å². The quantitative estimate of drug-likeness (QED) is 0.791. The van der Waals surface area contributed by atoms with E-state index in [-0.39, 0.29) is 13.2 Å². The molecule has 8 heteroatoms. The maximum atomic E-state index is 11.8. The Bertz CT molecular complexity index is 808. The number of nitrogens with one attached hydrogen (secondary N) is 2. The van der Waals surface area contributed by atoms with Gasteiger partial charge in [-0.05, 0) is 35.0 Å². The highest BCUT2D eigenvalue weighted by Gasteiger charge is 2.28. The topological polar surface area (TPSA) is 87.7 Å². The molecule has 0 aliphatic carbocycles. The number of halogens is 1. The van der Waals surface area contributed by atoms with Crippen molar-refractivity contribution in [3.8, 4) is 5.75 Å². The Hall–Kier alpha value is -2.61. The smallest absolute Gasteiger partial charge is 0.343 e. The fourth-order valence-electron chi connectivity index (χ4n) is 2.15. The summed E-state index contributed by atoms with van der Waals surface area (Å²) < 4.78 is 6.39. The Morgan fingerprint density at radius 2 is 1.96 bits per heavy atom. The number of benzene rings is 2. The molecule has 2 aromatic rings. The molecule has 0 radical (unpaired) electrons. The highest BCUT2D eigenvalue weighted by atomic mass is 79.9. The van der Waals surface area contributed by atoms with Gasteiger partial charge in [0, 0.05) is 4.47 Å². The van der Waals surface area contributed by atoms with E-state index >= 15 is 0 Å². The molecule has 1 aliphatic rings. The maximum absolute atomic E-state index is 11.8. The van der Waals surface area contributed by atoms with Gasteiger partial charge in [-0.1, -0.05) is 28.1 Å². The molecule has 118 valence electrons. The third-order valence-electron chi connectivity index (χ3n) is 3.20. The summed E-state index contributed by atoms with van der Waals surface area (Å²) >= 11 is 3.41. The van der Waals surface area contributed by atoms with Crippen LogP contribution in [0.15, 0.2) is 40.9 Å². The number of nitrogens with zero attached hydrogens (tertiary/aromatic N) is 1. The van der Waals surface area contributed by atoms with E-state index in [0.717, 1.165) is 20.3 Å². The maximum Gasteiger partial charge on any atom is 0.343 e. The van der Waals surface area contributed by atoms with Crippen LogP contribution in [-0.4, -0.2) is 36.0 Å². The summed E-state index contributed by atoms with van der Waals surface area (Å²) in [5, 5.41) is 4.99. The van der Waals surface area contributed by atoms with E-state index in [9.17, 15) is 14.4 Å².